The molecule has 0 radical (unpaired) electrons. The van der Waals surface area contributed by atoms with Crippen LogP contribution >= 0.6 is 0 Å². The van der Waals surface area contributed by atoms with Crippen molar-refractivity contribution in [2.75, 3.05) is 19.8 Å². The minimum absolute atomic E-state index is 0.406. The Balaban J connectivity index is 2.03. The van der Waals surface area contributed by atoms with Gasteiger partial charge in [-0.3, -0.25) is 0 Å². The fourth-order valence-corrected chi connectivity index (χ4v) is 2.28. The Morgan fingerprint density at radius 1 is 1.10 bits per heavy atom. The summed E-state index contributed by atoms with van der Waals surface area (Å²) in [4.78, 5) is 0. The van der Waals surface area contributed by atoms with Crippen LogP contribution in [0.4, 0.5) is 0 Å². The van der Waals surface area contributed by atoms with Gasteiger partial charge in [-0.25, -0.2) is 0 Å². The molecule has 21 heavy (non-hydrogen) atoms. The predicted molar refractivity (Wildman–Crippen MR) is 62.6 cm³/mol. The van der Waals surface area contributed by atoms with Gasteiger partial charge in [-0.2, -0.15) is 0 Å². The molecule has 8 atom stereocenters. The molecule has 0 aromatic rings. The van der Waals surface area contributed by atoms with E-state index in [9.17, 15) is 25.5 Å². The molecule has 0 aromatic heterocycles. The van der Waals surface area contributed by atoms with Crippen molar-refractivity contribution < 1.29 is 50.0 Å². The van der Waals surface area contributed by atoms with E-state index in [0.29, 0.717) is 0 Å². The van der Waals surface area contributed by atoms with E-state index in [1.807, 2.05) is 0 Å². The summed E-state index contributed by atoms with van der Waals surface area (Å²) in [5.41, 5.74) is -1.91. The summed E-state index contributed by atoms with van der Waals surface area (Å²) in [7, 11) is 0. The second-order valence-electron chi connectivity index (χ2n) is 5.22. The maximum atomic E-state index is 9.87. The van der Waals surface area contributed by atoms with Gasteiger partial charge in [0.1, 0.15) is 36.1 Å². The zero-order valence-corrected chi connectivity index (χ0v) is 11.0. The van der Waals surface area contributed by atoms with E-state index in [1.54, 1.807) is 0 Å². The quantitative estimate of drug-likeness (QED) is 0.267. The van der Waals surface area contributed by atoms with Crippen molar-refractivity contribution in [3.63, 3.8) is 0 Å². The maximum absolute atomic E-state index is 9.87. The lowest BCUT2D eigenvalue weighted by atomic mass is 9.98. The van der Waals surface area contributed by atoms with Gasteiger partial charge in [0.15, 0.2) is 12.6 Å². The third-order valence-electron chi connectivity index (χ3n) is 3.71. The summed E-state index contributed by atoms with van der Waals surface area (Å²) in [6.07, 6.45) is -10.5. The lowest BCUT2D eigenvalue weighted by Gasteiger charge is -2.40. The first-order valence-corrected chi connectivity index (χ1v) is 6.43. The number of hydrogen-bond acceptors (Lipinski definition) is 10. The van der Waals surface area contributed by atoms with Crippen molar-refractivity contribution in [1.82, 2.24) is 0 Å². The molecule has 0 aliphatic carbocycles. The average Bonchev–Trinajstić information content (AvgIpc) is 2.76. The van der Waals surface area contributed by atoms with Crippen LogP contribution in [0.5, 0.6) is 0 Å². The van der Waals surface area contributed by atoms with Gasteiger partial charge in [0, 0.05) is 0 Å². The molecule has 2 rings (SSSR count). The highest BCUT2D eigenvalue weighted by Gasteiger charge is 2.52. The number of ether oxygens (including phenoxy) is 3. The topological polar surface area (TPSA) is 169 Å². The van der Waals surface area contributed by atoms with Crippen LogP contribution in [0.25, 0.3) is 0 Å². The molecule has 0 spiro atoms. The number of rotatable bonds is 4. The van der Waals surface area contributed by atoms with Crippen molar-refractivity contribution in [3.8, 4) is 0 Å². The van der Waals surface area contributed by atoms with E-state index >= 15 is 0 Å². The summed E-state index contributed by atoms with van der Waals surface area (Å²) in [6.45, 7) is -1.79. The van der Waals surface area contributed by atoms with E-state index in [1.165, 1.54) is 0 Å². The summed E-state index contributed by atoms with van der Waals surface area (Å²) in [6, 6.07) is 0. The lowest BCUT2D eigenvalue weighted by molar-refractivity contribution is -0.325. The van der Waals surface area contributed by atoms with Gasteiger partial charge in [-0.1, -0.05) is 0 Å². The molecular weight excluding hydrogens is 292 g/mol. The molecule has 2 fully saturated rings. The number of aliphatic hydroxyl groups is 7. The third-order valence-corrected chi connectivity index (χ3v) is 3.71. The molecule has 2 aliphatic rings. The van der Waals surface area contributed by atoms with E-state index in [4.69, 9.17) is 24.4 Å². The van der Waals surface area contributed by atoms with Crippen molar-refractivity contribution in [2.24, 2.45) is 0 Å². The van der Waals surface area contributed by atoms with Crippen LogP contribution in [-0.4, -0.2) is 104 Å². The zero-order valence-electron chi connectivity index (χ0n) is 11.0. The first-order valence-electron chi connectivity index (χ1n) is 6.43. The highest BCUT2D eigenvalue weighted by atomic mass is 16.7. The van der Waals surface area contributed by atoms with Crippen LogP contribution in [0, 0.1) is 0 Å². The van der Waals surface area contributed by atoms with Crippen LogP contribution in [0.1, 0.15) is 0 Å². The Bertz CT molecular complexity index is 354. The molecule has 7 N–H and O–H groups in total. The largest absolute Gasteiger partial charge is 0.394 e. The van der Waals surface area contributed by atoms with Gasteiger partial charge in [0.2, 0.25) is 0 Å². The molecule has 8 unspecified atom stereocenters. The molecule has 0 aromatic carbocycles. The van der Waals surface area contributed by atoms with Crippen molar-refractivity contribution in [3.05, 3.63) is 0 Å². The Kier molecular flexibility index (Phi) is 5.15. The van der Waals surface area contributed by atoms with Gasteiger partial charge in [-0.05, 0) is 0 Å². The monoisotopic (exact) mass is 312 g/mol. The van der Waals surface area contributed by atoms with Gasteiger partial charge in [0.25, 0.3) is 0 Å². The molecule has 0 saturated carbocycles. The van der Waals surface area contributed by atoms with Crippen molar-refractivity contribution in [1.29, 1.82) is 0 Å². The smallest absolute Gasteiger partial charge is 0.187 e. The van der Waals surface area contributed by atoms with Crippen LogP contribution in [-0.2, 0) is 14.2 Å². The van der Waals surface area contributed by atoms with Gasteiger partial charge < -0.3 is 50.0 Å². The summed E-state index contributed by atoms with van der Waals surface area (Å²) >= 11 is 0. The normalized spacial score (nSPS) is 51.3. The second-order valence-corrected chi connectivity index (χ2v) is 5.22. The first-order chi connectivity index (χ1) is 9.84. The molecule has 10 heteroatoms. The fourth-order valence-electron chi connectivity index (χ4n) is 2.28. The average molecular weight is 312 g/mol. The lowest BCUT2D eigenvalue weighted by Crippen LogP contribution is -2.60. The molecule has 10 nitrogen and oxygen atoms in total. The molecule has 2 heterocycles. The number of aliphatic hydroxyl groups excluding tert-OH is 6. The molecule has 0 amide bonds. The highest BCUT2D eigenvalue weighted by molar-refractivity contribution is 4.95. The molecule has 124 valence electrons. The third kappa shape index (κ3) is 3.05. The van der Waals surface area contributed by atoms with Gasteiger partial charge in [0.05, 0.1) is 19.8 Å². The first kappa shape index (κ1) is 17.0. The standard InChI is InChI=1S/C11H20O10/c12-1-4-5(14)6(15)7(9(17)20-4)21-10-8(16)11(18,2-13)3-19-10/h4-10,12-18H,1-3H2. The van der Waals surface area contributed by atoms with E-state index in [-0.39, 0.29) is 0 Å². The van der Waals surface area contributed by atoms with E-state index in [2.05, 4.69) is 0 Å². The second kappa shape index (κ2) is 6.38. The minimum atomic E-state index is -1.91. The minimum Gasteiger partial charge on any atom is -0.394 e. The molecule has 2 aliphatic heterocycles. The van der Waals surface area contributed by atoms with Crippen LogP contribution in [0.15, 0.2) is 0 Å². The van der Waals surface area contributed by atoms with Gasteiger partial charge in [-0.15, -0.1) is 0 Å². The Labute approximate surface area is 119 Å². The van der Waals surface area contributed by atoms with Crippen LogP contribution in [0.2, 0.25) is 0 Å². The molecule has 2 saturated heterocycles. The summed E-state index contributed by atoms with van der Waals surface area (Å²) in [5.74, 6) is 0. The predicted octanol–water partition coefficient (Wildman–Crippen LogP) is -4.76. The SMILES string of the molecule is OCC1OC(O)C(OC2OCC(O)(CO)C2O)C(O)C1O. The van der Waals surface area contributed by atoms with E-state index in [0.717, 1.165) is 0 Å². The Hall–Kier alpha value is -0.400. The van der Waals surface area contributed by atoms with Crippen molar-refractivity contribution >= 4 is 0 Å². The van der Waals surface area contributed by atoms with Crippen LogP contribution < -0.4 is 0 Å². The van der Waals surface area contributed by atoms with E-state index < -0.39 is 68.5 Å². The Morgan fingerprint density at radius 3 is 2.29 bits per heavy atom. The summed E-state index contributed by atoms with van der Waals surface area (Å²) < 4.78 is 15.0. The zero-order chi connectivity index (χ0) is 15.8. The van der Waals surface area contributed by atoms with Crippen LogP contribution in [0.3, 0.4) is 0 Å². The molecule has 0 bridgehead atoms. The molecular formula is C11H20O10. The fraction of sp³-hybridized carbons (Fsp3) is 1.00. The van der Waals surface area contributed by atoms with Gasteiger partial charge >= 0.3 is 0 Å². The maximum Gasteiger partial charge on any atom is 0.187 e. The number of hydrogen-bond donors (Lipinski definition) is 7. The highest BCUT2D eigenvalue weighted by Crippen LogP contribution is 2.30. The van der Waals surface area contributed by atoms with Crippen molar-refractivity contribution in [2.45, 2.75) is 48.7 Å². The Morgan fingerprint density at radius 2 is 1.76 bits per heavy atom. The summed E-state index contributed by atoms with van der Waals surface area (Å²) in [5, 5.41) is 66.8.